The Balaban J connectivity index is 1.65. The zero-order valence-electron chi connectivity index (χ0n) is 11.8. The number of nitrogens with zero attached hydrogens (tertiary/aromatic N) is 4. The Kier molecular flexibility index (Phi) is 4.55. The van der Waals surface area contributed by atoms with Crippen molar-refractivity contribution in [3.05, 3.63) is 70.2 Å². The van der Waals surface area contributed by atoms with Crippen LogP contribution in [0.2, 0.25) is 10.0 Å². The van der Waals surface area contributed by atoms with Crippen LogP contribution >= 0.6 is 23.2 Å². The fourth-order valence-electron chi connectivity index (χ4n) is 1.91. The van der Waals surface area contributed by atoms with Gasteiger partial charge in [0.25, 0.3) is 5.91 Å². The van der Waals surface area contributed by atoms with E-state index in [1.165, 1.54) is 6.07 Å². The summed E-state index contributed by atoms with van der Waals surface area (Å²) in [5, 5.41) is 11.5. The Morgan fingerprint density at radius 3 is 2.65 bits per heavy atom. The SMILES string of the molecule is O=C(NCc1cn(-c2ccncc2)nn1)c1ccc(Cl)c(Cl)c1. The highest BCUT2D eigenvalue weighted by atomic mass is 35.5. The van der Waals surface area contributed by atoms with Crippen LogP contribution < -0.4 is 5.32 Å². The average Bonchev–Trinajstić information content (AvgIpc) is 3.05. The summed E-state index contributed by atoms with van der Waals surface area (Å²) < 4.78 is 1.61. The van der Waals surface area contributed by atoms with Crippen molar-refractivity contribution in [2.45, 2.75) is 6.54 Å². The van der Waals surface area contributed by atoms with Gasteiger partial charge in [0, 0.05) is 18.0 Å². The molecule has 0 radical (unpaired) electrons. The van der Waals surface area contributed by atoms with Crippen LogP contribution in [0, 0.1) is 0 Å². The molecule has 0 atom stereocenters. The van der Waals surface area contributed by atoms with Gasteiger partial charge in [-0.1, -0.05) is 28.4 Å². The van der Waals surface area contributed by atoms with E-state index in [4.69, 9.17) is 23.2 Å². The fourth-order valence-corrected chi connectivity index (χ4v) is 2.21. The number of nitrogens with one attached hydrogen (secondary N) is 1. The van der Waals surface area contributed by atoms with Crippen LogP contribution in [-0.2, 0) is 6.54 Å². The molecule has 1 N–H and O–H groups in total. The highest BCUT2D eigenvalue weighted by Crippen LogP contribution is 2.22. The molecule has 0 bridgehead atoms. The van der Waals surface area contributed by atoms with E-state index in [2.05, 4.69) is 20.6 Å². The predicted molar refractivity (Wildman–Crippen MR) is 86.8 cm³/mol. The van der Waals surface area contributed by atoms with Gasteiger partial charge in [-0.2, -0.15) is 0 Å². The zero-order valence-corrected chi connectivity index (χ0v) is 13.3. The van der Waals surface area contributed by atoms with E-state index in [0.29, 0.717) is 21.3 Å². The molecule has 2 heterocycles. The number of rotatable bonds is 4. The van der Waals surface area contributed by atoms with Crippen LogP contribution in [0.5, 0.6) is 0 Å². The lowest BCUT2D eigenvalue weighted by Crippen LogP contribution is -2.22. The highest BCUT2D eigenvalue weighted by Gasteiger charge is 2.09. The zero-order chi connectivity index (χ0) is 16.2. The lowest BCUT2D eigenvalue weighted by Gasteiger charge is -2.04. The Morgan fingerprint density at radius 1 is 1.13 bits per heavy atom. The first-order chi connectivity index (χ1) is 11.1. The van der Waals surface area contributed by atoms with Gasteiger partial charge in [-0.3, -0.25) is 9.78 Å². The molecule has 6 nitrogen and oxygen atoms in total. The second kappa shape index (κ2) is 6.76. The number of hydrogen-bond acceptors (Lipinski definition) is 4. The summed E-state index contributed by atoms with van der Waals surface area (Å²) in [5.41, 5.74) is 1.91. The Morgan fingerprint density at radius 2 is 1.91 bits per heavy atom. The van der Waals surface area contributed by atoms with E-state index in [1.807, 2.05) is 12.1 Å². The van der Waals surface area contributed by atoms with Gasteiger partial charge < -0.3 is 5.32 Å². The van der Waals surface area contributed by atoms with Crippen LogP contribution in [0.1, 0.15) is 16.1 Å². The number of carbonyl (C=O) groups excluding carboxylic acids is 1. The maximum Gasteiger partial charge on any atom is 0.251 e. The van der Waals surface area contributed by atoms with Crippen LogP contribution in [0.4, 0.5) is 0 Å². The minimum Gasteiger partial charge on any atom is -0.346 e. The third-order valence-electron chi connectivity index (χ3n) is 3.08. The molecule has 0 saturated heterocycles. The van der Waals surface area contributed by atoms with E-state index in [-0.39, 0.29) is 12.5 Å². The Hall–Kier alpha value is -2.44. The number of hydrogen-bond donors (Lipinski definition) is 1. The number of halogens is 2. The molecule has 8 heteroatoms. The molecule has 116 valence electrons. The molecule has 0 aliphatic heterocycles. The molecule has 0 aliphatic rings. The van der Waals surface area contributed by atoms with Gasteiger partial charge in [0.2, 0.25) is 0 Å². The smallest absolute Gasteiger partial charge is 0.251 e. The summed E-state index contributed by atoms with van der Waals surface area (Å²) in [6.45, 7) is 0.254. The molecule has 23 heavy (non-hydrogen) atoms. The van der Waals surface area contributed by atoms with Crippen molar-refractivity contribution in [1.82, 2.24) is 25.3 Å². The predicted octanol–water partition coefficient (Wildman–Crippen LogP) is 2.90. The number of benzene rings is 1. The molecule has 0 fully saturated rings. The standard InChI is InChI=1S/C15H11Cl2N5O/c16-13-2-1-10(7-14(13)17)15(23)19-8-11-9-22(21-20-11)12-3-5-18-6-4-12/h1-7,9H,8H2,(H,19,23). The molecule has 0 aliphatic carbocycles. The largest absolute Gasteiger partial charge is 0.346 e. The van der Waals surface area contributed by atoms with Crippen molar-refractivity contribution in [2.24, 2.45) is 0 Å². The van der Waals surface area contributed by atoms with Gasteiger partial charge in [0.15, 0.2) is 0 Å². The molecule has 0 spiro atoms. The topological polar surface area (TPSA) is 72.7 Å². The first-order valence-electron chi connectivity index (χ1n) is 6.68. The third kappa shape index (κ3) is 3.67. The molecule has 0 unspecified atom stereocenters. The van der Waals surface area contributed by atoms with E-state index >= 15 is 0 Å². The summed E-state index contributed by atoms with van der Waals surface area (Å²) in [6.07, 6.45) is 5.08. The number of amides is 1. The molecule has 0 saturated carbocycles. The van der Waals surface area contributed by atoms with Gasteiger partial charge in [0.05, 0.1) is 28.5 Å². The summed E-state index contributed by atoms with van der Waals surface area (Å²) >= 11 is 11.7. The summed E-state index contributed by atoms with van der Waals surface area (Å²) in [6, 6.07) is 8.34. The van der Waals surface area contributed by atoms with Crippen LogP contribution in [0.3, 0.4) is 0 Å². The molecular formula is C15H11Cl2N5O. The average molecular weight is 348 g/mol. The second-order valence-electron chi connectivity index (χ2n) is 4.67. The molecule has 3 aromatic rings. The summed E-state index contributed by atoms with van der Waals surface area (Å²) in [7, 11) is 0. The van der Waals surface area contributed by atoms with E-state index in [0.717, 1.165) is 5.69 Å². The van der Waals surface area contributed by atoms with Crippen LogP contribution in [0.15, 0.2) is 48.9 Å². The minimum absolute atomic E-state index is 0.254. The van der Waals surface area contributed by atoms with Gasteiger partial charge >= 0.3 is 0 Å². The third-order valence-corrected chi connectivity index (χ3v) is 3.82. The monoisotopic (exact) mass is 347 g/mol. The Labute approximate surface area is 142 Å². The highest BCUT2D eigenvalue weighted by molar-refractivity contribution is 6.42. The molecule has 2 aromatic heterocycles. The van der Waals surface area contributed by atoms with Gasteiger partial charge in [-0.25, -0.2) is 4.68 Å². The fraction of sp³-hybridized carbons (Fsp3) is 0.0667. The van der Waals surface area contributed by atoms with E-state index in [9.17, 15) is 4.79 Å². The summed E-state index contributed by atoms with van der Waals surface area (Å²) in [4.78, 5) is 16.0. The first-order valence-corrected chi connectivity index (χ1v) is 7.44. The van der Waals surface area contributed by atoms with Crippen molar-refractivity contribution >= 4 is 29.1 Å². The quantitative estimate of drug-likeness (QED) is 0.787. The van der Waals surface area contributed by atoms with Gasteiger partial charge in [0.1, 0.15) is 5.69 Å². The minimum atomic E-state index is -0.262. The number of aromatic nitrogens is 4. The maximum atomic E-state index is 12.1. The van der Waals surface area contributed by atoms with Crippen molar-refractivity contribution in [3.8, 4) is 5.69 Å². The number of carbonyl (C=O) groups is 1. The molecular weight excluding hydrogens is 337 g/mol. The number of pyridine rings is 1. The van der Waals surface area contributed by atoms with E-state index < -0.39 is 0 Å². The van der Waals surface area contributed by atoms with Gasteiger partial charge in [-0.05, 0) is 30.3 Å². The molecule has 3 rings (SSSR count). The normalized spacial score (nSPS) is 10.5. The van der Waals surface area contributed by atoms with Gasteiger partial charge in [-0.15, -0.1) is 5.10 Å². The van der Waals surface area contributed by atoms with Crippen molar-refractivity contribution < 1.29 is 4.79 Å². The van der Waals surface area contributed by atoms with Crippen LogP contribution in [0.25, 0.3) is 5.69 Å². The van der Waals surface area contributed by atoms with Crippen molar-refractivity contribution in [1.29, 1.82) is 0 Å². The first kappa shape index (κ1) is 15.5. The Bertz CT molecular complexity index is 835. The lowest BCUT2D eigenvalue weighted by molar-refractivity contribution is 0.0950. The van der Waals surface area contributed by atoms with E-state index in [1.54, 1.807) is 35.4 Å². The van der Waals surface area contributed by atoms with Crippen molar-refractivity contribution in [3.63, 3.8) is 0 Å². The molecule has 1 aromatic carbocycles. The summed E-state index contributed by atoms with van der Waals surface area (Å²) in [5.74, 6) is -0.262. The van der Waals surface area contributed by atoms with Crippen molar-refractivity contribution in [2.75, 3.05) is 0 Å². The second-order valence-corrected chi connectivity index (χ2v) is 5.49. The lowest BCUT2D eigenvalue weighted by atomic mass is 10.2. The van der Waals surface area contributed by atoms with Crippen LogP contribution in [-0.4, -0.2) is 25.9 Å². The maximum absolute atomic E-state index is 12.1. The molecule has 1 amide bonds.